The van der Waals surface area contributed by atoms with Crippen LogP contribution in [0, 0.1) is 5.92 Å². The van der Waals surface area contributed by atoms with Gasteiger partial charge in [-0.3, -0.25) is 0 Å². The molecule has 2 rings (SSSR count). The smallest absolute Gasteiger partial charge is 0.138 e. The van der Waals surface area contributed by atoms with Crippen LogP contribution in [0.3, 0.4) is 0 Å². The zero-order chi connectivity index (χ0) is 13.8. The summed E-state index contributed by atoms with van der Waals surface area (Å²) in [6.45, 7) is 7.46. The fourth-order valence-electron chi connectivity index (χ4n) is 2.37. The van der Waals surface area contributed by atoms with E-state index in [-0.39, 0.29) is 0 Å². The monoisotopic (exact) mass is 260 g/mol. The van der Waals surface area contributed by atoms with Crippen molar-refractivity contribution in [1.82, 2.24) is 9.55 Å². The average Bonchev–Trinajstić information content (AvgIpc) is 2.75. The fraction of sp³-hybridized carbons (Fsp3) is 0.562. The zero-order valence-electron chi connectivity index (χ0n) is 12.1. The van der Waals surface area contributed by atoms with Crippen LogP contribution < -0.4 is 0 Å². The first kappa shape index (κ1) is 14.1. The second kappa shape index (κ2) is 6.20. The van der Waals surface area contributed by atoms with E-state index in [1.807, 2.05) is 18.2 Å². The molecule has 0 aliphatic carbocycles. The summed E-state index contributed by atoms with van der Waals surface area (Å²) in [6.07, 6.45) is 2.38. The molecular formula is C16H24N2O. The lowest BCUT2D eigenvalue weighted by atomic mass is 10.1. The summed E-state index contributed by atoms with van der Waals surface area (Å²) < 4.78 is 2.19. The molecule has 104 valence electrons. The minimum absolute atomic E-state index is 0.454. The van der Waals surface area contributed by atoms with Gasteiger partial charge in [-0.25, -0.2) is 4.98 Å². The predicted octanol–water partition coefficient (Wildman–Crippen LogP) is 3.92. The van der Waals surface area contributed by atoms with Crippen LogP contribution in [0.15, 0.2) is 24.3 Å². The number of aliphatic hydroxyl groups is 1. The van der Waals surface area contributed by atoms with Gasteiger partial charge in [0.25, 0.3) is 0 Å². The summed E-state index contributed by atoms with van der Waals surface area (Å²) >= 11 is 0. The van der Waals surface area contributed by atoms with Crippen LogP contribution in [0.4, 0.5) is 0 Å². The zero-order valence-corrected chi connectivity index (χ0v) is 12.1. The summed E-state index contributed by atoms with van der Waals surface area (Å²) in [5.74, 6) is 1.47. The van der Waals surface area contributed by atoms with Gasteiger partial charge in [0.05, 0.1) is 11.0 Å². The highest BCUT2D eigenvalue weighted by Gasteiger charge is 2.17. The normalized spacial score (nSPS) is 13.3. The Hall–Kier alpha value is -1.35. The Kier molecular flexibility index (Phi) is 4.59. The third-order valence-electron chi connectivity index (χ3n) is 3.47. The molecule has 0 saturated heterocycles. The lowest BCUT2D eigenvalue weighted by Crippen LogP contribution is -2.10. The van der Waals surface area contributed by atoms with Crippen molar-refractivity contribution in [2.24, 2.45) is 5.92 Å². The Morgan fingerprint density at radius 1 is 1.21 bits per heavy atom. The van der Waals surface area contributed by atoms with Crippen molar-refractivity contribution in [1.29, 1.82) is 0 Å². The van der Waals surface area contributed by atoms with Gasteiger partial charge >= 0.3 is 0 Å². The Balaban J connectivity index is 2.39. The van der Waals surface area contributed by atoms with Crippen molar-refractivity contribution in [3.8, 4) is 0 Å². The summed E-state index contributed by atoms with van der Waals surface area (Å²) in [6, 6.07) is 8.14. The van der Waals surface area contributed by atoms with Gasteiger partial charge in [-0.05, 0) is 30.9 Å². The molecule has 3 heteroatoms. The maximum absolute atomic E-state index is 10.3. The Labute approximate surface area is 115 Å². The molecule has 0 amide bonds. The predicted molar refractivity (Wildman–Crippen MR) is 79.1 cm³/mol. The first-order valence-electron chi connectivity index (χ1n) is 7.26. The van der Waals surface area contributed by atoms with Crippen molar-refractivity contribution >= 4 is 11.0 Å². The Morgan fingerprint density at radius 3 is 2.63 bits per heavy atom. The number of fused-ring (bicyclic) bond motifs is 1. The molecule has 1 unspecified atom stereocenters. The number of benzene rings is 1. The van der Waals surface area contributed by atoms with E-state index in [1.165, 1.54) is 0 Å². The quantitative estimate of drug-likeness (QED) is 0.855. The molecule has 0 radical (unpaired) electrons. The second-order valence-electron chi connectivity index (χ2n) is 5.60. The summed E-state index contributed by atoms with van der Waals surface area (Å²) in [5.41, 5.74) is 2.12. The molecule has 1 heterocycles. The Bertz CT molecular complexity index is 531. The molecule has 0 saturated carbocycles. The van der Waals surface area contributed by atoms with Crippen LogP contribution >= 0.6 is 0 Å². The third kappa shape index (κ3) is 3.16. The highest BCUT2D eigenvalue weighted by molar-refractivity contribution is 5.76. The van der Waals surface area contributed by atoms with Crippen molar-refractivity contribution in [2.45, 2.75) is 52.7 Å². The Morgan fingerprint density at radius 2 is 1.95 bits per heavy atom. The molecule has 1 aromatic heterocycles. The summed E-state index contributed by atoms with van der Waals surface area (Å²) in [5, 5.41) is 10.3. The first-order chi connectivity index (χ1) is 9.13. The largest absolute Gasteiger partial charge is 0.385 e. The van der Waals surface area contributed by atoms with Crippen LogP contribution in [0.2, 0.25) is 0 Å². The fourth-order valence-corrected chi connectivity index (χ4v) is 2.37. The van der Waals surface area contributed by atoms with E-state index < -0.39 is 6.10 Å². The van der Waals surface area contributed by atoms with Crippen molar-refractivity contribution < 1.29 is 5.11 Å². The van der Waals surface area contributed by atoms with E-state index in [1.54, 1.807) is 0 Å². The van der Waals surface area contributed by atoms with Crippen LogP contribution in [0.5, 0.6) is 0 Å². The third-order valence-corrected chi connectivity index (χ3v) is 3.47. The van der Waals surface area contributed by atoms with Gasteiger partial charge in [-0.2, -0.15) is 0 Å². The van der Waals surface area contributed by atoms with Crippen LogP contribution in [0.1, 0.15) is 52.0 Å². The number of para-hydroxylation sites is 2. The van der Waals surface area contributed by atoms with E-state index in [0.29, 0.717) is 5.92 Å². The standard InChI is InChI=1S/C16H24N2O/c1-4-7-15(19)16-17-13-8-5-6-9-14(13)18(16)11-10-12(2)3/h5-6,8-9,12,15,19H,4,7,10-11H2,1-3H3. The van der Waals surface area contributed by atoms with Crippen molar-refractivity contribution in [3.05, 3.63) is 30.1 Å². The molecular weight excluding hydrogens is 236 g/mol. The molecule has 19 heavy (non-hydrogen) atoms. The topological polar surface area (TPSA) is 38.1 Å². The van der Waals surface area contributed by atoms with Crippen molar-refractivity contribution in [2.75, 3.05) is 0 Å². The van der Waals surface area contributed by atoms with Crippen LogP contribution in [-0.2, 0) is 6.54 Å². The molecule has 1 aromatic carbocycles. The number of hydrogen-bond donors (Lipinski definition) is 1. The van der Waals surface area contributed by atoms with E-state index in [4.69, 9.17) is 0 Å². The molecule has 2 aromatic rings. The highest BCUT2D eigenvalue weighted by atomic mass is 16.3. The SMILES string of the molecule is CCCC(O)c1nc2ccccc2n1CCC(C)C. The molecule has 0 aliphatic heterocycles. The van der Waals surface area contributed by atoms with E-state index >= 15 is 0 Å². The molecule has 1 N–H and O–H groups in total. The highest BCUT2D eigenvalue weighted by Crippen LogP contribution is 2.24. The number of imidazole rings is 1. The molecule has 3 nitrogen and oxygen atoms in total. The number of nitrogens with zero attached hydrogens (tertiary/aromatic N) is 2. The summed E-state index contributed by atoms with van der Waals surface area (Å²) in [4.78, 5) is 4.62. The molecule has 1 atom stereocenters. The maximum atomic E-state index is 10.3. The van der Waals surface area contributed by atoms with Gasteiger partial charge < -0.3 is 9.67 Å². The molecule has 0 fully saturated rings. The van der Waals surface area contributed by atoms with Gasteiger partial charge in [-0.15, -0.1) is 0 Å². The maximum Gasteiger partial charge on any atom is 0.138 e. The van der Waals surface area contributed by atoms with Crippen LogP contribution in [0.25, 0.3) is 11.0 Å². The van der Waals surface area contributed by atoms with Gasteiger partial charge in [0.15, 0.2) is 0 Å². The molecule has 0 aliphatic rings. The van der Waals surface area contributed by atoms with E-state index in [2.05, 4.69) is 36.4 Å². The van der Waals surface area contributed by atoms with Crippen LogP contribution in [-0.4, -0.2) is 14.7 Å². The number of hydrogen-bond acceptors (Lipinski definition) is 2. The van der Waals surface area contributed by atoms with E-state index in [0.717, 1.165) is 42.7 Å². The number of aromatic nitrogens is 2. The molecule has 0 spiro atoms. The first-order valence-corrected chi connectivity index (χ1v) is 7.26. The lowest BCUT2D eigenvalue weighted by molar-refractivity contribution is 0.152. The minimum atomic E-state index is -0.454. The van der Waals surface area contributed by atoms with Gasteiger partial charge in [0, 0.05) is 6.54 Å². The number of aliphatic hydroxyl groups excluding tert-OH is 1. The van der Waals surface area contributed by atoms with Gasteiger partial charge in [0.1, 0.15) is 11.9 Å². The van der Waals surface area contributed by atoms with Gasteiger partial charge in [-0.1, -0.05) is 39.3 Å². The average molecular weight is 260 g/mol. The summed E-state index contributed by atoms with van der Waals surface area (Å²) in [7, 11) is 0. The minimum Gasteiger partial charge on any atom is -0.385 e. The number of aryl methyl sites for hydroxylation is 1. The van der Waals surface area contributed by atoms with Crippen molar-refractivity contribution in [3.63, 3.8) is 0 Å². The number of rotatable bonds is 6. The second-order valence-corrected chi connectivity index (χ2v) is 5.60. The molecule has 0 bridgehead atoms. The lowest BCUT2D eigenvalue weighted by Gasteiger charge is -2.14. The van der Waals surface area contributed by atoms with E-state index in [9.17, 15) is 5.11 Å². The van der Waals surface area contributed by atoms with Gasteiger partial charge in [0.2, 0.25) is 0 Å².